The molecule has 1 aliphatic rings. The van der Waals surface area contributed by atoms with E-state index in [0.29, 0.717) is 6.04 Å². The normalized spacial score (nSPS) is 25.4. The summed E-state index contributed by atoms with van der Waals surface area (Å²) in [6.45, 7) is 12.6. The molecule has 1 N–H and O–H groups in total. The molecule has 0 aromatic carbocycles. The predicted molar refractivity (Wildman–Crippen MR) is 87.8 cm³/mol. The number of hydrogen-bond donors (Lipinski definition) is 1. The summed E-state index contributed by atoms with van der Waals surface area (Å²) in [5.41, 5.74) is 0.237. The van der Waals surface area contributed by atoms with Crippen LogP contribution in [-0.2, 0) is 6.54 Å². The van der Waals surface area contributed by atoms with Crippen LogP contribution >= 0.6 is 27.3 Å². The fourth-order valence-corrected chi connectivity index (χ4v) is 4.08. The second-order valence-corrected chi connectivity index (χ2v) is 8.21. The van der Waals surface area contributed by atoms with E-state index >= 15 is 0 Å². The van der Waals surface area contributed by atoms with Gasteiger partial charge in [-0.05, 0) is 41.8 Å². The van der Waals surface area contributed by atoms with Crippen LogP contribution in [0.3, 0.4) is 0 Å². The zero-order valence-corrected chi connectivity index (χ0v) is 14.8. The van der Waals surface area contributed by atoms with Crippen molar-refractivity contribution in [3.05, 3.63) is 20.8 Å². The summed E-state index contributed by atoms with van der Waals surface area (Å²) >= 11 is 5.40. The molecule has 2 heterocycles. The van der Waals surface area contributed by atoms with Crippen LogP contribution in [0.1, 0.15) is 39.0 Å². The molecule has 0 saturated carbocycles. The van der Waals surface area contributed by atoms with E-state index in [1.807, 2.05) is 11.3 Å². The van der Waals surface area contributed by atoms with E-state index in [9.17, 15) is 0 Å². The van der Waals surface area contributed by atoms with E-state index in [1.165, 1.54) is 15.8 Å². The maximum atomic E-state index is 3.73. The van der Waals surface area contributed by atoms with Crippen molar-refractivity contribution in [3.8, 4) is 0 Å². The molecule has 1 fully saturated rings. The average Bonchev–Trinajstić information content (AvgIpc) is 2.76. The fraction of sp³-hybridized carbons (Fsp3) is 0.733. The Morgan fingerprint density at radius 1 is 1.58 bits per heavy atom. The van der Waals surface area contributed by atoms with E-state index in [-0.39, 0.29) is 5.54 Å². The highest BCUT2D eigenvalue weighted by molar-refractivity contribution is 9.10. The number of rotatable bonds is 4. The minimum absolute atomic E-state index is 0.237. The number of halogens is 1. The Morgan fingerprint density at radius 3 is 2.89 bits per heavy atom. The largest absolute Gasteiger partial charge is 0.311 e. The number of nitrogens with one attached hydrogen (secondary N) is 1. The van der Waals surface area contributed by atoms with Crippen LogP contribution in [0.5, 0.6) is 0 Å². The standard InChI is InChI=1S/C15H25BrN2S/c1-5-11(2)14-8-18(15(3,4)10-17-14)7-13-6-12(16)9-19-13/h6,9,11,14,17H,5,7-8,10H2,1-4H3. The van der Waals surface area contributed by atoms with Gasteiger partial charge < -0.3 is 5.32 Å². The first-order chi connectivity index (χ1) is 8.92. The second-order valence-electron chi connectivity index (χ2n) is 6.30. The molecule has 0 radical (unpaired) electrons. The van der Waals surface area contributed by atoms with Crippen LogP contribution in [0.2, 0.25) is 0 Å². The van der Waals surface area contributed by atoms with Gasteiger partial charge in [-0.2, -0.15) is 0 Å². The van der Waals surface area contributed by atoms with Gasteiger partial charge in [0.05, 0.1) is 0 Å². The molecule has 0 bridgehead atoms. The lowest BCUT2D eigenvalue weighted by Gasteiger charge is -2.47. The lowest BCUT2D eigenvalue weighted by Crippen LogP contribution is -2.62. The Balaban J connectivity index is 2.06. The molecule has 0 aliphatic carbocycles. The van der Waals surface area contributed by atoms with Gasteiger partial charge in [0.2, 0.25) is 0 Å². The van der Waals surface area contributed by atoms with Gasteiger partial charge in [-0.3, -0.25) is 4.90 Å². The Hall–Kier alpha value is 0.1000. The van der Waals surface area contributed by atoms with Crippen molar-refractivity contribution in [2.45, 2.75) is 52.2 Å². The van der Waals surface area contributed by atoms with Crippen molar-refractivity contribution in [3.63, 3.8) is 0 Å². The third-order valence-electron chi connectivity index (χ3n) is 4.37. The molecule has 108 valence electrons. The Kier molecular flexibility index (Phi) is 5.09. The molecular formula is C15H25BrN2S. The lowest BCUT2D eigenvalue weighted by molar-refractivity contribution is 0.0457. The molecule has 2 unspecified atom stereocenters. The van der Waals surface area contributed by atoms with Crippen molar-refractivity contribution in [1.82, 2.24) is 10.2 Å². The summed E-state index contributed by atoms with van der Waals surface area (Å²) in [4.78, 5) is 4.09. The van der Waals surface area contributed by atoms with Gasteiger partial charge in [-0.25, -0.2) is 0 Å². The van der Waals surface area contributed by atoms with Crippen molar-refractivity contribution in [2.75, 3.05) is 13.1 Å². The third kappa shape index (κ3) is 3.81. The number of nitrogens with zero attached hydrogens (tertiary/aromatic N) is 1. The molecule has 0 spiro atoms. The molecule has 1 aromatic heterocycles. The quantitative estimate of drug-likeness (QED) is 0.884. The van der Waals surface area contributed by atoms with E-state index in [4.69, 9.17) is 0 Å². The van der Waals surface area contributed by atoms with Gasteiger partial charge >= 0.3 is 0 Å². The van der Waals surface area contributed by atoms with E-state index in [2.05, 4.69) is 65.3 Å². The zero-order valence-electron chi connectivity index (χ0n) is 12.4. The van der Waals surface area contributed by atoms with Crippen molar-refractivity contribution >= 4 is 27.3 Å². The monoisotopic (exact) mass is 344 g/mol. The molecule has 2 atom stereocenters. The van der Waals surface area contributed by atoms with E-state index in [0.717, 1.165) is 25.6 Å². The summed E-state index contributed by atoms with van der Waals surface area (Å²) in [6.07, 6.45) is 1.25. The number of thiophene rings is 1. The molecule has 0 amide bonds. The minimum Gasteiger partial charge on any atom is -0.311 e. The molecule has 1 aromatic rings. The van der Waals surface area contributed by atoms with Crippen LogP contribution in [-0.4, -0.2) is 29.6 Å². The first-order valence-electron chi connectivity index (χ1n) is 7.13. The van der Waals surface area contributed by atoms with Gasteiger partial charge in [0, 0.05) is 45.9 Å². The fourth-order valence-electron chi connectivity index (χ4n) is 2.61. The minimum atomic E-state index is 0.237. The maximum Gasteiger partial charge on any atom is 0.0334 e. The summed E-state index contributed by atoms with van der Waals surface area (Å²) in [5.74, 6) is 0.744. The van der Waals surface area contributed by atoms with Crippen LogP contribution in [0.25, 0.3) is 0 Å². The average molecular weight is 345 g/mol. The van der Waals surface area contributed by atoms with Crippen molar-refractivity contribution in [1.29, 1.82) is 0 Å². The first-order valence-corrected chi connectivity index (χ1v) is 8.81. The number of piperazine rings is 1. The summed E-state index contributed by atoms with van der Waals surface area (Å²) in [5, 5.41) is 5.91. The summed E-state index contributed by atoms with van der Waals surface area (Å²) in [7, 11) is 0. The lowest BCUT2D eigenvalue weighted by atomic mass is 9.91. The Bertz CT molecular complexity index is 416. The number of hydrogen-bond acceptors (Lipinski definition) is 3. The van der Waals surface area contributed by atoms with Crippen LogP contribution < -0.4 is 5.32 Å². The molecule has 1 aliphatic heterocycles. The van der Waals surface area contributed by atoms with Crippen LogP contribution in [0, 0.1) is 5.92 Å². The Labute approximate surface area is 129 Å². The van der Waals surface area contributed by atoms with Gasteiger partial charge in [0.15, 0.2) is 0 Å². The predicted octanol–water partition coefficient (Wildman–Crippen LogP) is 4.11. The second kappa shape index (κ2) is 6.25. The molecule has 2 nitrogen and oxygen atoms in total. The maximum absolute atomic E-state index is 3.73. The van der Waals surface area contributed by atoms with Crippen molar-refractivity contribution < 1.29 is 0 Å². The summed E-state index contributed by atoms with van der Waals surface area (Å²) < 4.78 is 1.21. The van der Waals surface area contributed by atoms with Crippen molar-refractivity contribution in [2.24, 2.45) is 5.92 Å². The highest BCUT2D eigenvalue weighted by Gasteiger charge is 2.35. The first kappa shape index (κ1) is 15.5. The third-order valence-corrected chi connectivity index (χ3v) is 6.05. The molecule has 4 heteroatoms. The Morgan fingerprint density at radius 2 is 2.32 bits per heavy atom. The smallest absolute Gasteiger partial charge is 0.0334 e. The van der Waals surface area contributed by atoms with Gasteiger partial charge in [-0.1, -0.05) is 20.3 Å². The molecule has 2 rings (SSSR count). The molecule has 1 saturated heterocycles. The SMILES string of the molecule is CCC(C)C1CN(Cc2cc(Br)cs2)C(C)(C)CN1. The van der Waals surface area contributed by atoms with Gasteiger partial charge in [-0.15, -0.1) is 11.3 Å². The van der Waals surface area contributed by atoms with Gasteiger partial charge in [0.25, 0.3) is 0 Å². The highest BCUT2D eigenvalue weighted by Crippen LogP contribution is 2.27. The molecule has 19 heavy (non-hydrogen) atoms. The van der Waals surface area contributed by atoms with E-state index < -0.39 is 0 Å². The summed E-state index contributed by atoms with van der Waals surface area (Å²) in [6, 6.07) is 2.88. The van der Waals surface area contributed by atoms with Crippen LogP contribution in [0.4, 0.5) is 0 Å². The highest BCUT2D eigenvalue weighted by atomic mass is 79.9. The topological polar surface area (TPSA) is 15.3 Å². The van der Waals surface area contributed by atoms with Gasteiger partial charge in [0.1, 0.15) is 0 Å². The van der Waals surface area contributed by atoms with Crippen LogP contribution in [0.15, 0.2) is 15.9 Å². The van der Waals surface area contributed by atoms with E-state index in [1.54, 1.807) is 0 Å². The zero-order chi connectivity index (χ0) is 14.0. The molecular weight excluding hydrogens is 320 g/mol.